The highest BCUT2D eigenvalue weighted by Crippen LogP contribution is 2.25. The number of thiazole rings is 1. The minimum absolute atomic E-state index is 0.316. The summed E-state index contributed by atoms with van der Waals surface area (Å²) in [5.74, 6) is -0.912. The highest BCUT2D eigenvalue weighted by Gasteiger charge is 2.18. The molecule has 0 aliphatic carbocycles. The van der Waals surface area contributed by atoms with Crippen LogP contribution < -0.4 is 0 Å². The van der Waals surface area contributed by atoms with Crippen LogP contribution in [0.1, 0.15) is 20.9 Å². The van der Waals surface area contributed by atoms with Gasteiger partial charge >= 0.3 is 5.97 Å². The largest absolute Gasteiger partial charge is 0.477 e. The molecule has 0 aliphatic rings. The number of carbonyl (C=O) groups is 1. The van der Waals surface area contributed by atoms with Crippen molar-refractivity contribution in [3.8, 4) is 0 Å². The van der Waals surface area contributed by atoms with E-state index in [1.54, 1.807) is 16.9 Å². The van der Waals surface area contributed by atoms with Gasteiger partial charge in [-0.2, -0.15) is 0 Å². The maximum absolute atomic E-state index is 11.3. The fraction of sp³-hybridized carbons (Fsp3) is 0.0769. The lowest BCUT2D eigenvalue weighted by Crippen LogP contribution is -2.04. The first-order valence-corrected chi connectivity index (χ1v) is 6.28. The summed E-state index contributed by atoms with van der Waals surface area (Å²) in [5.41, 5.74) is 1.42. The van der Waals surface area contributed by atoms with Gasteiger partial charge in [-0.1, -0.05) is 30.3 Å². The molecule has 0 atom stereocenters. The number of nitrogens with zero attached hydrogens (tertiary/aromatic N) is 2. The van der Waals surface area contributed by atoms with Crippen LogP contribution in [-0.4, -0.2) is 20.5 Å². The van der Waals surface area contributed by atoms with Crippen molar-refractivity contribution in [2.45, 2.75) is 6.42 Å². The average Bonchev–Trinajstić information content (AvgIpc) is 2.89. The summed E-state index contributed by atoms with van der Waals surface area (Å²) in [6, 6.07) is 9.86. The number of carboxylic acid groups (broad SMARTS) is 1. The predicted molar refractivity (Wildman–Crippen MR) is 69.3 cm³/mol. The first kappa shape index (κ1) is 11.0. The molecule has 0 saturated heterocycles. The topological polar surface area (TPSA) is 54.6 Å². The van der Waals surface area contributed by atoms with Crippen LogP contribution in [0, 0.1) is 0 Å². The molecule has 3 rings (SSSR count). The molecule has 0 unspecified atom stereocenters. The molecule has 18 heavy (non-hydrogen) atoms. The number of rotatable bonds is 3. The highest BCUT2D eigenvalue weighted by molar-refractivity contribution is 7.17. The lowest BCUT2D eigenvalue weighted by atomic mass is 10.1. The number of aromatic carboxylic acids is 1. The van der Waals surface area contributed by atoms with Gasteiger partial charge < -0.3 is 5.11 Å². The molecule has 90 valence electrons. The molecule has 2 aromatic heterocycles. The van der Waals surface area contributed by atoms with Crippen molar-refractivity contribution in [1.82, 2.24) is 9.38 Å². The maximum atomic E-state index is 11.3. The Labute approximate surface area is 107 Å². The number of fused-ring (bicyclic) bond motifs is 1. The van der Waals surface area contributed by atoms with E-state index < -0.39 is 5.97 Å². The van der Waals surface area contributed by atoms with E-state index in [0.717, 1.165) is 15.3 Å². The summed E-state index contributed by atoms with van der Waals surface area (Å²) in [6.45, 7) is 0. The number of imidazole rings is 1. The molecular formula is C13H10N2O2S. The van der Waals surface area contributed by atoms with Gasteiger partial charge in [-0.3, -0.25) is 4.40 Å². The van der Waals surface area contributed by atoms with Crippen molar-refractivity contribution in [3.63, 3.8) is 0 Å². The van der Waals surface area contributed by atoms with Crippen molar-refractivity contribution < 1.29 is 9.90 Å². The molecule has 1 N–H and O–H groups in total. The van der Waals surface area contributed by atoms with Crippen LogP contribution >= 0.6 is 11.3 Å². The van der Waals surface area contributed by atoms with Gasteiger partial charge in [-0.15, -0.1) is 11.3 Å². The molecule has 5 heteroatoms. The zero-order chi connectivity index (χ0) is 12.5. The number of carboxylic acids is 1. The summed E-state index contributed by atoms with van der Waals surface area (Å²) < 4.78 is 1.63. The molecule has 2 heterocycles. The normalized spacial score (nSPS) is 10.9. The maximum Gasteiger partial charge on any atom is 0.354 e. The van der Waals surface area contributed by atoms with Crippen molar-refractivity contribution >= 4 is 22.1 Å². The van der Waals surface area contributed by atoms with E-state index in [1.165, 1.54) is 11.3 Å². The van der Waals surface area contributed by atoms with Crippen LogP contribution in [0.5, 0.6) is 0 Å². The number of hydrogen-bond acceptors (Lipinski definition) is 3. The van der Waals surface area contributed by atoms with Crippen molar-refractivity contribution in [2.75, 3.05) is 0 Å². The molecule has 0 bridgehead atoms. The van der Waals surface area contributed by atoms with Crippen molar-refractivity contribution in [1.29, 1.82) is 0 Å². The standard InChI is InChI=1S/C13H10N2O2S/c16-13(17)12-10(6-9-4-2-1-3-5-9)18-11-7-14-8-15(11)12/h1-5,7-8H,6H2,(H,16,17). The second kappa shape index (κ2) is 4.27. The summed E-state index contributed by atoms with van der Waals surface area (Å²) in [7, 11) is 0. The molecule has 0 saturated carbocycles. The third-order valence-electron chi connectivity index (χ3n) is 2.75. The average molecular weight is 258 g/mol. The molecule has 0 amide bonds. The first-order chi connectivity index (χ1) is 8.75. The lowest BCUT2D eigenvalue weighted by Gasteiger charge is -2.00. The molecule has 3 aromatic rings. The smallest absolute Gasteiger partial charge is 0.354 e. The molecule has 1 aromatic carbocycles. The summed E-state index contributed by atoms with van der Waals surface area (Å²) in [4.78, 5) is 17.0. The van der Waals surface area contributed by atoms with Gasteiger partial charge in [0.2, 0.25) is 0 Å². The van der Waals surface area contributed by atoms with Crippen LogP contribution in [0.2, 0.25) is 0 Å². The van der Waals surface area contributed by atoms with Crippen molar-refractivity contribution in [2.24, 2.45) is 0 Å². The SMILES string of the molecule is O=C(O)c1c(Cc2ccccc2)sc2cncn12. The quantitative estimate of drug-likeness (QED) is 0.785. The highest BCUT2D eigenvalue weighted by atomic mass is 32.1. The number of aromatic nitrogens is 2. The molecular weight excluding hydrogens is 248 g/mol. The Kier molecular flexibility index (Phi) is 2.60. The summed E-state index contributed by atoms with van der Waals surface area (Å²) in [5, 5.41) is 9.31. The third-order valence-corrected chi connectivity index (χ3v) is 3.84. The number of benzene rings is 1. The van der Waals surface area contributed by atoms with E-state index in [4.69, 9.17) is 0 Å². The Bertz CT molecular complexity index is 700. The van der Waals surface area contributed by atoms with Crippen molar-refractivity contribution in [3.05, 3.63) is 59.0 Å². The van der Waals surface area contributed by atoms with E-state index in [-0.39, 0.29) is 0 Å². The monoisotopic (exact) mass is 258 g/mol. The first-order valence-electron chi connectivity index (χ1n) is 5.46. The third kappa shape index (κ3) is 1.78. The van der Waals surface area contributed by atoms with E-state index in [1.807, 2.05) is 30.3 Å². The Morgan fingerprint density at radius 1 is 1.33 bits per heavy atom. The minimum Gasteiger partial charge on any atom is -0.477 e. The Morgan fingerprint density at radius 2 is 2.11 bits per heavy atom. The van der Waals surface area contributed by atoms with Crippen LogP contribution in [0.3, 0.4) is 0 Å². The van der Waals surface area contributed by atoms with Gasteiger partial charge in [0.25, 0.3) is 0 Å². The van der Waals surface area contributed by atoms with E-state index in [2.05, 4.69) is 4.98 Å². The zero-order valence-corrected chi connectivity index (χ0v) is 10.2. The van der Waals surface area contributed by atoms with E-state index >= 15 is 0 Å². The lowest BCUT2D eigenvalue weighted by molar-refractivity contribution is 0.0688. The molecule has 4 nitrogen and oxygen atoms in total. The Hall–Kier alpha value is -2.14. The van der Waals surface area contributed by atoms with Gasteiger partial charge in [0.1, 0.15) is 16.9 Å². The fourth-order valence-electron chi connectivity index (χ4n) is 1.96. The summed E-state index contributed by atoms with van der Waals surface area (Å²) in [6.07, 6.45) is 3.87. The zero-order valence-electron chi connectivity index (χ0n) is 9.41. The summed E-state index contributed by atoms with van der Waals surface area (Å²) >= 11 is 1.47. The van der Waals surface area contributed by atoms with Gasteiger partial charge in [-0.25, -0.2) is 9.78 Å². The molecule has 0 aliphatic heterocycles. The van der Waals surface area contributed by atoms with E-state index in [0.29, 0.717) is 12.1 Å². The van der Waals surface area contributed by atoms with Crippen LogP contribution in [-0.2, 0) is 6.42 Å². The van der Waals surface area contributed by atoms with Gasteiger partial charge in [0.05, 0.1) is 6.20 Å². The Balaban J connectivity index is 2.08. The fourth-order valence-corrected chi connectivity index (χ4v) is 3.08. The molecule has 0 spiro atoms. The van der Waals surface area contributed by atoms with E-state index in [9.17, 15) is 9.90 Å². The number of hydrogen-bond donors (Lipinski definition) is 1. The van der Waals surface area contributed by atoms with Crippen LogP contribution in [0.15, 0.2) is 42.9 Å². The Morgan fingerprint density at radius 3 is 2.83 bits per heavy atom. The second-order valence-electron chi connectivity index (χ2n) is 3.94. The molecule has 0 fully saturated rings. The predicted octanol–water partition coefficient (Wildman–Crippen LogP) is 2.68. The van der Waals surface area contributed by atoms with Crippen LogP contribution in [0.4, 0.5) is 0 Å². The van der Waals surface area contributed by atoms with Gasteiger partial charge in [-0.05, 0) is 5.56 Å². The second-order valence-corrected chi connectivity index (χ2v) is 5.06. The molecule has 0 radical (unpaired) electrons. The van der Waals surface area contributed by atoms with Gasteiger partial charge in [0.15, 0.2) is 0 Å². The van der Waals surface area contributed by atoms with Crippen LogP contribution in [0.25, 0.3) is 4.83 Å². The van der Waals surface area contributed by atoms with Gasteiger partial charge in [0, 0.05) is 11.3 Å². The minimum atomic E-state index is -0.912.